The van der Waals surface area contributed by atoms with Gasteiger partial charge in [0.1, 0.15) is 11.5 Å². The molecule has 2 aromatic carbocycles. The van der Waals surface area contributed by atoms with E-state index in [0.717, 1.165) is 22.4 Å². The van der Waals surface area contributed by atoms with Gasteiger partial charge in [-0.15, -0.1) is 0 Å². The molecule has 7 nitrogen and oxygen atoms in total. The Morgan fingerprint density at radius 3 is 2.68 bits per heavy atom. The number of aryl methyl sites for hydroxylation is 2. The summed E-state index contributed by atoms with van der Waals surface area (Å²) in [6.45, 7) is 8.12. The van der Waals surface area contributed by atoms with E-state index in [1.807, 2.05) is 57.2 Å². The number of hydrogen-bond acceptors (Lipinski definition) is 7. The Bertz CT molecular complexity index is 1040. The third kappa shape index (κ3) is 5.42. The van der Waals surface area contributed by atoms with Crippen molar-refractivity contribution in [3.63, 3.8) is 0 Å². The quantitative estimate of drug-likeness (QED) is 0.447. The summed E-state index contributed by atoms with van der Waals surface area (Å²) >= 11 is 0. The molecule has 3 rings (SSSR count). The van der Waals surface area contributed by atoms with E-state index in [1.54, 1.807) is 14.0 Å². The fraction of sp³-hybridized carbons (Fsp3) is 0.375. The Kier molecular flexibility index (Phi) is 7.28. The van der Waals surface area contributed by atoms with Crippen LogP contribution >= 0.6 is 0 Å². The number of aromatic nitrogens is 2. The summed E-state index contributed by atoms with van der Waals surface area (Å²) in [6, 6.07) is 11.4. The predicted molar refractivity (Wildman–Crippen MR) is 117 cm³/mol. The van der Waals surface area contributed by atoms with Crippen molar-refractivity contribution in [2.75, 3.05) is 13.7 Å². The summed E-state index contributed by atoms with van der Waals surface area (Å²) in [5.41, 5.74) is 3.38. The lowest BCUT2D eigenvalue weighted by Crippen LogP contribution is -2.06. The Morgan fingerprint density at radius 2 is 2.00 bits per heavy atom. The van der Waals surface area contributed by atoms with Gasteiger partial charge in [-0.2, -0.15) is 4.98 Å². The minimum absolute atomic E-state index is 0.100. The van der Waals surface area contributed by atoms with E-state index in [-0.39, 0.29) is 18.5 Å². The standard InChI is InChI=1S/C24H28N2O5/c1-6-29-21(27)13-11-17-8-7-9-19(22(17)28-5)23-25-24(31-26-23)18-10-12-20(16(4)14-18)30-15(2)3/h7-10,12,14-15H,6,11,13H2,1-5H3. The number of nitrogens with zero attached hydrogens (tertiary/aromatic N) is 2. The lowest BCUT2D eigenvalue weighted by Gasteiger charge is -2.12. The van der Waals surface area contributed by atoms with E-state index < -0.39 is 0 Å². The van der Waals surface area contributed by atoms with Crippen LogP contribution in [-0.2, 0) is 16.0 Å². The average Bonchev–Trinajstić information content (AvgIpc) is 3.23. The molecule has 0 saturated carbocycles. The number of methoxy groups -OCH3 is 1. The molecule has 1 heterocycles. The second-order valence-corrected chi connectivity index (χ2v) is 7.37. The number of esters is 1. The first-order valence-corrected chi connectivity index (χ1v) is 10.4. The Balaban J connectivity index is 1.86. The van der Waals surface area contributed by atoms with Crippen LogP contribution in [0.15, 0.2) is 40.9 Å². The molecule has 7 heteroatoms. The van der Waals surface area contributed by atoms with Crippen molar-refractivity contribution in [3.8, 4) is 34.3 Å². The molecule has 0 N–H and O–H groups in total. The molecule has 0 saturated heterocycles. The summed E-state index contributed by atoms with van der Waals surface area (Å²) in [6.07, 6.45) is 0.870. The van der Waals surface area contributed by atoms with Crippen molar-refractivity contribution in [1.29, 1.82) is 0 Å². The highest BCUT2D eigenvalue weighted by molar-refractivity contribution is 5.71. The van der Waals surface area contributed by atoms with Crippen LogP contribution in [-0.4, -0.2) is 35.9 Å². The van der Waals surface area contributed by atoms with Gasteiger partial charge < -0.3 is 18.7 Å². The number of benzene rings is 2. The molecule has 0 bridgehead atoms. The largest absolute Gasteiger partial charge is 0.496 e. The Labute approximate surface area is 182 Å². The number of para-hydroxylation sites is 1. The highest BCUT2D eigenvalue weighted by Gasteiger charge is 2.18. The molecule has 0 unspecified atom stereocenters. The van der Waals surface area contributed by atoms with Gasteiger partial charge in [-0.05, 0) is 69.5 Å². The summed E-state index contributed by atoms with van der Waals surface area (Å²) < 4.78 is 21.9. The molecule has 1 aromatic heterocycles. The van der Waals surface area contributed by atoms with E-state index in [1.165, 1.54) is 0 Å². The van der Waals surface area contributed by atoms with E-state index in [2.05, 4.69) is 10.1 Å². The first-order chi connectivity index (χ1) is 14.9. The summed E-state index contributed by atoms with van der Waals surface area (Å²) in [4.78, 5) is 16.3. The molecule has 0 amide bonds. The zero-order valence-electron chi connectivity index (χ0n) is 18.6. The van der Waals surface area contributed by atoms with Gasteiger partial charge in [0.05, 0.1) is 25.4 Å². The Hall–Kier alpha value is -3.35. The lowest BCUT2D eigenvalue weighted by molar-refractivity contribution is -0.143. The summed E-state index contributed by atoms with van der Waals surface area (Å²) in [7, 11) is 1.59. The van der Waals surface area contributed by atoms with Gasteiger partial charge in [-0.3, -0.25) is 4.79 Å². The lowest BCUT2D eigenvalue weighted by atomic mass is 10.0. The molecule has 0 spiro atoms. The maximum Gasteiger partial charge on any atom is 0.306 e. The third-order valence-electron chi connectivity index (χ3n) is 4.66. The van der Waals surface area contributed by atoms with Crippen LogP contribution in [0.4, 0.5) is 0 Å². The van der Waals surface area contributed by atoms with Gasteiger partial charge in [0.2, 0.25) is 5.82 Å². The maximum absolute atomic E-state index is 11.7. The van der Waals surface area contributed by atoms with Crippen LogP contribution in [0.25, 0.3) is 22.8 Å². The van der Waals surface area contributed by atoms with Crippen molar-refractivity contribution in [2.45, 2.75) is 46.6 Å². The zero-order chi connectivity index (χ0) is 22.4. The van der Waals surface area contributed by atoms with E-state index in [9.17, 15) is 4.79 Å². The van der Waals surface area contributed by atoms with Crippen LogP contribution in [0.5, 0.6) is 11.5 Å². The highest BCUT2D eigenvalue weighted by Crippen LogP contribution is 2.34. The molecular weight excluding hydrogens is 396 g/mol. The van der Waals surface area contributed by atoms with Gasteiger partial charge in [-0.1, -0.05) is 17.3 Å². The molecule has 31 heavy (non-hydrogen) atoms. The molecule has 164 valence electrons. The SMILES string of the molecule is CCOC(=O)CCc1cccc(-c2noc(-c3ccc(OC(C)C)c(C)c3)n2)c1OC. The molecule has 0 aliphatic heterocycles. The van der Waals surface area contributed by atoms with Crippen molar-refractivity contribution in [1.82, 2.24) is 10.1 Å². The van der Waals surface area contributed by atoms with Crippen LogP contribution in [0, 0.1) is 6.92 Å². The smallest absolute Gasteiger partial charge is 0.306 e. The number of carbonyl (C=O) groups excluding carboxylic acids is 1. The predicted octanol–water partition coefficient (Wildman–Crippen LogP) is 5.00. The summed E-state index contributed by atoms with van der Waals surface area (Å²) in [5, 5.41) is 4.15. The van der Waals surface area contributed by atoms with Gasteiger partial charge in [-0.25, -0.2) is 0 Å². The average molecular weight is 424 g/mol. The molecule has 0 atom stereocenters. The van der Waals surface area contributed by atoms with Crippen LogP contribution in [0.2, 0.25) is 0 Å². The highest BCUT2D eigenvalue weighted by atomic mass is 16.5. The first kappa shape index (κ1) is 22.3. The molecule has 0 aliphatic carbocycles. The minimum Gasteiger partial charge on any atom is -0.496 e. The molecule has 0 radical (unpaired) electrons. The van der Waals surface area contributed by atoms with Gasteiger partial charge in [0.25, 0.3) is 5.89 Å². The van der Waals surface area contributed by atoms with Gasteiger partial charge >= 0.3 is 5.97 Å². The first-order valence-electron chi connectivity index (χ1n) is 10.4. The number of rotatable bonds is 9. The number of ether oxygens (including phenoxy) is 3. The van der Waals surface area contributed by atoms with Crippen molar-refractivity contribution < 1.29 is 23.5 Å². The van der Waals surface area contributed by atoms with Crippen molar-refractivity contribution in [3.05, 3.63) is 47.5 Å². The normalized spacial score (nSPS) is 10.9. The van der Waals surface area contributed by atoms with Crippen molar-refractivity contribution in [2.24, 2.45) is 0 Å². The fourth-order valence-corrected chi connectivity index (χ4v) is 3.29. The fourth-order valence-electron chi connectivity index (χ4n) is 3.29. The Morgan fingerprint density at radius 1 is 1.19 bits per heavy atom. The second kappa shape index (κ2) is 10.1. The van der Waals surface area contributed by atoms with Crippen molar-refractivity contribution >= 4 is 5.97 Å². The maximum atomic E-state index is 11.7. The van der Waals surface area contributed by atoms with Gasteiger partial charge in [0, 0.05) is 12.0 Å². The number of hydrogen-bond donors (Lipinski definition) is 0. The number of carbonyl (C=O) groups is 1. The topological polar surface area (TPSA) is 83.7 Å². The molecular formula is C24H28N2O5. The minimum atomic E-state index is -0.239. The second-order valence-electron chi connectivity index (χ2n) is 7.37. The van der Waals surface area contributed by atoms with E-state index in [0.29, 0.717) is 36.1 Å². The molecule has 0 fully saturated rings. The van der Waals surface area contributed by atoms with Crippen LogP contribution in [0.3, 0.4) is 0 Å². The molecule has 3 aromatic rings. The molecule has 0 aliphatic rings. The summed E-state index contributed by atoms with van der Waals surface area (Å²) in [5.74, 6) is 2.04. The monoisotopic (exact) mass is 424 g/mol. The van der Waals surface area contributed by atoms with E-state index in [4.69, 9.17) is 18.7 Å². The van der Waals surface area contributed by atoms with Crippen LogP contribution in [0.1, 0.15) is 38.3 Å². The third-order valence-corrected chi connectivity index (χ3v) is 4.66. The van der Waals surface area contributed by atoms with Gasteiger partial charge in [0.15, 0.2) is 0 Å². The van der Waals surface area contributed by atoms with Crippen LogP contribution < -0.4 is 9.47 Å². The van der Waals surface area contributed by atoms with E-state index >= 15 is 0 Å². The zero-order valence-corrected chi connectivity index (χ0v) is 18.6.